The van der Waals surface area contributed by atoms with Crippen LogP contribution in [0.25, 0.3) is 12.2 Å². The minimum Gasteiger partial charge on any atom is -0.0802 e. The highest BCUT2D eigenvalue weighted by molar-refractivity contribution is 5.57. The van der Waals surface area contributed by atoms with E-state index in [-0.39, 0.29) is 0 Å². The fourth-order valence-corrected chi connectivity index (χ4v) is 4.44. The second kappa shape index (κ2) is 8.11. The number of benzene rings is 3. The molecule has 0 unspecified atom stereocenters. The minimum absolute atomic E-state index is 0.695. The van der Waals surface area contributed by atoms with Crippen LogP contribution >= 0.6 is 0 Å². The molecule has 0 aliphatic heterocycles. The van der Waals surface area contributed by atoms with Gasteiger partial charge in [0, 0.05) is 0 Å². The van der Waals surface area contributed by atoms with Crippen molar-refractivity contribution in [2.45, 2.75) is 38.5 Å². The smallest absolute Gasteiger partial charge is 0.00929 e. The Bertz CT molecular complexity index is 960. The first-order chi connectivity index (χ1) is 14.7. The quantitative estimate of drug-likeness (QED) is 0.401. The SMILES string of the molecule is Cc1ccc([C@@H]2C[C@@H]2/C=C/c2ccc(/C=C/[C@H]3C[C@H]3c3ccc(C)cc3)cc2)cc1. The molecule has 2 aliphatic rings. The summed E-state index contributed by atoms with van der Waals surface area (Å²) in [6.07, 6.45) is 11.9. The number of allylic oxidation sites excluding steroid dienone is 2. The van der Waals surface area contributed by atoms with Gasteiger partial charge in [-0.15, -0.1) is 0 Å². The zero-order chi connectivity index (χ0) is 20.5. The van der Waals surface area contributed by atoms with E-state index < -0.39 is 0 Å². The van der Waals surface area contributed by atoms with Gasteiger partial charge in [0.25, 0.3) is 0 Å². The summed E-state index contributed by atoms with van der Waals surface area (Å²) in [4.78, 5) is 0. The van der Waals surface area contributed by atoms with Crippen LogP contribution in [0.5, 0.6) is 0 Å². The lowest BCUT2D eigenvalue weighted by Crippen LogP contribution is -1.82. The predicted octanol–water partition coefficient (Wildman–Crippen LogP) is 7.94. The van der Waals surface area contributed by atoms with E-state index in [1.807, 2.05) is 0 Å². The zero-order valence-electron chi connectivity index (χ0n) is 18.0. The van der Waals surface area contributed by atoms with Crippen LogP contribution in [-0.4, -0.2) is 0 Å². The number of aryl methyl sites for hydroxylation is 2. The summed E-state index contributed by atoms with van der Waals surface area (Å²) >= 11 is 0. The second-order valence-corrected chi connectivity index (χ2v) is 9.22. The number of rotatable bonds is 6. The molecule has 0 amide bonds. The average molecular weight is 391 g/mol. The molecule has 0 bridgehead atoms. The van der Waals surface area contributed by atoms with E-state index in [0.29, 0.717) is 23.7 Å². The van der Waals surface area contributed by atoms with E-state index in [4.69, 9.17) is 0 Å². The molecule has 0 saturated heterocycles. The Hall–Kier alpha value is -2.86. The molecule has 150 valence electrons. The van der Waals surface area contributed by atoms with E-state index in [9.17, 15) is 0 Å². The van der Waals surface area contributed by atoms with Gasteiger partial charge in [-0.25, -0.2) is 0 Å². The Morgan fingerprint density at radius 2 is 0.900 bits per heavy atom. The van der Waals surface area contributed by atoms with Gasteiger partial charge < -0.3 is 0 Å². The molecule has 2 aliphatic carbocycles. The van der Waals surface area contributed by atoms with Crippen molar-refractivity contribution < 1.29 is 0 Å². The highest BCUT2D eigenvalue weighted by Gasteiger charge is 2.36. The van der Waals surface area contributed by atoms with Gasteiger partial charge in [0.1, 0.15) is 0 Å². The van der Waals surface area contributed by atoms with Gasteiger partial charge in [0.15, 0.2) is 0 Å². The molecule has 2 saturated carbocycles. The molecule has 4 atom stereocenters. The van der Waals surface area contributed by atoms with Crippen LogP contribution in [0, 0.1) is 25.7 Å². The molecular formula is C30H30. The van der Waals surface area contributed by atoms with Crippen molar-refractivity contribution in [3.63, 3.8) is 0 Å². The van der Waals surface area contributed by atoms with E-state index >= 15 is 0 Å². The van der Waals surface area contributed by atoms with E-state index in [1.54, 1.807) is 0 Å². The van der Waals surface area contributed by atoms with Crippen LogP contribution in [0.4, 0.5) is 0 Å². The van der Waals surface area contributed by atoms with Crippen LogP contribution < -0.4 is 0 Å². The van der Waals surface area contributed by atoms with Crippen LogP contribution in [0.15, 0.2) is 84.9 Å². The predicted molar refractivity (Wildman–Crippen MR) is 129 cm³/mol. The average Bonchev–Trinajstić information content (AvgIpc) is 3.68. The largest absolute Gasteiger partial charge is 0.0802 e. The summed E-state index contributed by atoms with van der Waals surface area (Å²) in [5.41, 5.74) is 8.25. The van der Waals surface area contributed by atoms with Crippen molar-refractivity contribution in [1.82, 2.24) is 0 Å². The first kappa shape index (κ1) is 19.1. The minimum atomic E-state index is 0.695. The first-order valence-electron chi connectivity index (χ1n) is 11.3. The van der Waals surface area contributed by atoms with Crippen molar-refractivity contribution in [2.24, 2.45) is 11.8 Å². The lowest BCUT2D eigenvalue weighted by molar-refractivity contribution is 1.01. The summed E-state index contributed by atoms with van der Waals surface area (Å²) in [5, 5.41) is 0. The van der Waals surface area contributed by atoms with E-state index in [2.05, 4.69) is 111 Å². The summed E-state index contributed by atoms with van der Waals surface area (Å²) in [6.45, 7) is 4.31. The third-order valence-electron chi connectivity index (χ3n) is 6.70. The molecule has 0 N–H and O–H groups in total. The van der Waals surface area contributed by atoms with Crippen LogP contribution in [-0.2, 0) is 0 Å². The highest BCUT2D eigenvalue weighted by atomic mass is 14.4. The Morgan fingerprint density at radius 3 is 1.27 bits per heavy atom. The van der Waals surface area contributed by atoms with E-state index in [1.165, 1.54) is 46.2 Å². The summed E-state index contributed by atoms with van der Waals surface area (Å²) in [6, 6.07) is 27.0. The van der Waals surface area contributed by atoms with Crippen molar-refractivity contribution in [3.8, 4) is 0 Å². The normalized spacial score (nSPS) is 25.1. The molecule has 30 heavy (non-hydrogen) atoms. The molecule has 2 fully saturated rings. The summed E-state index contributed by atoms with van der Waals surface area (Å²) < 4.78 is 0. The highest BCUT2D eigenvalue weighted by Crippen LogP contribution is 2.49. The fourth-order valence-electron chi connectivity index (χ4n) is 4.44. The molecule has 0 aromatic heterocycles. The van der Waals surface area contributed by atoms with Gasteiger partial charge in [-0.2, -0.15) is 0 Å². The number of hydrogen-bond donors (Lipinski definition) is 0. The molecule has 5 rings (SSSR count). The molecule has 0 spiro atoms. The van der Waals surface area contributed by atoms with Crippen molar-refractivity contribution in [2.75, 3.05) is 0 Å². The maximum absolute atomic E-state index is 2.39. The Balaban J connectivity index is 1.14. The Morgan fingerprint density at radius 1 is 0.533 bits per heavy atom. The molecule has 0 radical (unpaired) electrons. The molecule has 3 aromatic carbocycles. The maximum Gasteiger partial charge on any atom is -0.00929 e. The van der Waals surface area contributed by atoms with Crippen molar-refractivity contribution in [3.05, 3.63) is 118 Å². The van der Waals surface area contributed by atoms with Gasteiger partial charge in [0.2, 0.25) is 0 Å². The van der Waals surface area contributed by atoms with Gasteiger partial charge in [-0.1, -0.05) is 108 Å². The lowest BCUT2D eigenvalue weighted by Gasteiger charge is -2.00. The van der Waals surface area contributed by atoms with E-state index in [0.717, 1.165) is 0 Å². The molecule has 0 nitrogen and oxygen atoms in total. The van der Waals surface area contributed by atoms with Crippen LogP contribution in [0.2, 0.25) is 0 Å². The molecule has 3 aromatic rings. The van der Waals surface area contributed by atoms with Crippen molar-refractivity contribution in [1.29, 1.82) is 0 Å². The maximum atomic E-state index is 2.39. The second-order valence-electron chi connectivity index (χ2n) is 9.22. The van der Waals surface area contributed by atoms with Gasteiger partial charge in [0.05, 0.1) is 0 Å². The monoisotopic (exact) mass is 390 g/mol. The van der Waals surface area contributed by atoms with Gasteiger partial charge in [-0.3, -0.25) is 0 Å². The topological polar surface area (TPSA) is 0 Å². The molecule has 0 heterocycles. The van der Waals surface area contributed by atoms with Gasteiger partial charge >= 0.3 is 0 Å². The fraction of sp³-hybridized carbons (Fsp3) is 0.267. The van der Waals surface area contributed by atoms with Crippen molar-refractivity contribution >= 4 is 12.2 Å². The standard InChI is InChI=1S/C30H30/c1-21-3-13-25(14-4-21)29-19-27(29)17-11-23-7-9-24(10-8-23)12-18-28-20-30(28)26-15-5-22(2)6-16-26/h3-18,27-30H,19-20H2,1-2H3/b17-11+,18-12+/t27-,28-,29-,30-/m0/s1. The summed E-state index contributed by atoms with van der Waals surface area (Å²) in [7, 11) is 0. The van der Waals surface area contributed by atoms with Gasteiger partial charge in [-0.05, 0) is 72.6 Å². The zero-order valence-corrected chi connectivity index (χ0v) is 18.0. The molecular weight excluding hydrogens is 360 g/mol. The lowest BCUT2D eigenvalue weighted by atomic mass is 10.1. The third kappa shape index (κ3) is 4.49. The van der Waals surface area contributed by atoms with Crippen LogP contribution in [0.1, 0.15) is 58.1 Å². The Labute approximate surface area is 181 Å². The number of hydrogen-bond acceptors (Lipinski definition) is 0. The van der Waals surface area contributed by atoms with Crippen LogP contribution in [0.3, 0.4) is 0 Å². The first-order valence-corrected chi connectivity index (χ1v) is 11.3. The Kier molecular flexibility index (Phi) is 5.17. The third-order valence-corrected chi connectivity index (χ3v) is 6.70. The summed E-state index contributed by atoms with van der Waals surface area (Å²) in [5.74, 6) is 2.81. The molecule has 0 heteroatoms.